The number of rotatable bonds is 8. The Morgan fingerprint density at radius 3 is 2.43 bits per heavy atom. The van der Waals surface area contributed by atoms with Gasteiger partial charge in [-0.2, -0.15) is 13.2 Å². The molecular formula is C34H53F4N5O. The van der Waals surface area contributed by atoms with Crippen molar-refractivity contribution >= 4 is 5.91 Å². The second-order valence-corrected chi connectivity index (χ2v) is 15.2. The Morgan fingerprint density at radius 2 is 1.73 bits per heavy atom. The van der Waals surface area contributed by atoms with E-state index in [-0.39, 0.29) is 41.5 Å². The Balaban J connectivity index is 1.20. The molecule has 6 rings (SSSR count). The lowest BCUT2D eigenvalue weighted by Crippen LogP contribution is -2.54. The quantitative estimate of drug-likeness (QED) is 0.276. The van der Waals surface area contributed by atoms with Gasteiger partial charge in [-0.3, -0.25) is 10.2 Å². The molecule has 10 heteroatoms. The predicted molar refractivity (Wildman–Crippen MR) is 161 cm³/mol. The van der Waals surface area contributed by atoms with Gasteiger partial charge in [-0.25, -0.2) is 4.39 Å². The average molecular weight is 624 g/mol. The summed E-state index contributed by atoms with van der Waals surface area (Å²) in [5, 5.41) is 15.1. The van der Waals surface area contributed by atoms with E-state index in [1.54, 1.807) is 0 Å². The number of aromatic nitrogens is 2. The Bertz CT molecular complexity index is 1170. The largest absolute Gasteiger partial charge is 0.404 e. The smallest absolute Gasteiger partial charge is 0.353 e. The number of carbonyl (C=O) groups excluding carboxylic acids is 1. The monoisotopic (exact) mass is 623 g/mol. The number of hydrogen-bond donors (Lipinski definition) is 3. The minimum Gasteiger partial charge on any atom is -0.353 e. The number of carbonyl (C=O) groups is 1. The molecule has 5 aliphatic rings. The second kappa shape index (κ2) is 13.5. The molecule has 44 heavy (non-hydrogen) atoms. The van der Waals surface area contributed by atoms with E-state index in [0.29, 0.717) is 69.2 Å². The van der Waals surface area contributed by atoms with Crippen LogP contribution in [0.2, 0.25) is 0 Å². The van der Waals surface area contributed by atoms with Crippen LogP contribution in [-0.4, -0.2) is 46.0 Å². The third kappa shape index (κ3) is 7.25. The molecule has 1 aromatic rings. The van der Waals surface area contributed by atoms with Crippen LogP contribution in [0, 0.1) is 46.8 Å². The molecule has 9 atom stereocenters. The van der Waals surface area contributed by atoms with Crippen molar-refractivity contribution in [3.63, 3.8) is 0 Å². The van der Waals surface area contributed by atoms with Crippen LogP contribution < -0.4 is 16.3 Å². The number of nitrogens with zero attached hydrogens (tertiary/aromatic N) is 2. The second-order valence-electron chi connectivity index (χ2n) is 15.2. The molecule has 5 fully saturated rings. The molecule has 0 spiro atoms. The van der Waals surface area contributed by atoms with Crippen molar-refractivity contribution in [3.8, 4) is 0 Å². The first-order chi connectivity index (χ1) is 21.1. The van der Waals surface area contributed by atoms with E-state index in [1.165, 1.54) is 19.3 Å². The fraction of sp³-hybridized carbons (Fsp3) is 0.882. The van der Waals surface area contributed by atoms with Gasteiger partial charge in [-0.15, -0.1) is 0 Å². The molecule has 8 unspecified atom stereocenters. The molecule has 1 aromatic heterocycles. The van der Waals surface area contributed by atoms with E-state index < -0.39 is 24.3 Å². The Morgan fingerprint density at radius 1 is 0.977 bits per heavy atom. The van der Waals surface area contributed by atoms with Gasteiger partial charge in [0.15, 0.2) is 0 Å². The summed E-state index contributed by atoms with van der Waals surface area (Å²) in [6.45, 7) is 2.89. The summed E-state index contributed by atoms with van der Waals surface area (Å²) in [6, 6.07) is -1.16. The predicted octanol–water partition coefficient (Wildman–Crippen LogP) is 6.91. The van der Waals surface area contributed by atoms with Gasteiger partial charge in [0, 0.05) is 36.9 Å². The number of nitrogens with one attached hydrogen (secondary N) is 3. The summed E-state index contributed by atoms with van der Waals surface area (Å²) in [6.07, 6.45) is 11.9. The maximum Gasteiger partial charge on any atom is 0.404 e. The number of piperidine rings is 1. The average Bonchev–Trinajstić information content (AvgIpc) is 3.80. The molecule has 1 amide bonds. The van der Waals surface area contributed by atoms with Gasteiger partial charge in [0.25, 0.3) is 0 Å². The summed E-state index contributed by atoms with van der Waals surface area (Å²) in [7, 11) is 0. The number of hydrogen-bond acceptors (Lipinski definition) is 3. The maximum atomic E-state index is 14.3. The summed E-state index contributed by atoms with van der Waals surface area (Å²) in [4.78, 5) is 14.0. The van der Waals surface area contributed by atoms with Crippen molar-refractivity contribution in [2.45, 2.75) is 140 Å². The van der Waals surface area contributed by atoms with Crippen molar-refractivity contribution in [1.29, 1.82) is 5.41 Å². The molecule has 1 saturated heterocycles. The fourth-order valence-corrected chi connectivity index (χ4v) is 9.58. The minimum atomic E-state index is -4.32. The molecular weight excluding hydrogens is 570 g/mol. The maximum absolute atomic E-state index is 14.3. The summed E-state index contributed by atoms with van der Waals surface area (Å²) in [5.41, 5.74) is 0.457. The molecule has 248 valence electrons. The SMILES string of the molecule is CC1CC([C@@H](NC(=O)C2CC(Cn3ccn(C4CCCCC4)c3=N)CC(C3CCCNC3C(F)(F)F)C2)C2CC2)CCC1F. The van der Waals surface area contributed by atoms with E-state index in [4.69, 9.17) is 5.41 Å². The lowest BCUT2D eigenvalue weighted by molar-refractivity contribution is -0.179. The van der Waals surface area contributed by atoms with E-state index in [2.05, 4.69) is 15.2 Å². The lowest BCUT2D eigenvalue weighted by Gasteiger charge is -2.44. The van der Waals surface area contributed by atoms with Crippen LogP contribution in [0.4, 0.5) is 17.6 Å². The van der Waals surface area contributed by atoms with Gasteiger partial charge in [0.05, 0.1) is 0 Å². The minimum absolute atomic E-state index is 0.00884. The summed E-state index contributed by atoms with van der Waals surface area (Å²) < 4.78 is 61.0. The van der Waals surface area contributed by atoms with Crippen LogP contribution in [0.1, 0.15) is 109 Å². The molecule has 6 nitrogen and oxygen atoms in total. The first-order valence-corrected chi connectivity index (χ1v) is 17.6. The van der Waals surface area contributed by atoms with Crippen LogP contribution in [0.25, 0.3) is 0 Å². The highest BCUT2D eigenvalue weighted by Crippen LogP contribution is 2.46. The molecule has 0 radical (unpaired) electrons. The standard InChI is InChI=1S/C34H53F4N5O/c1-21-16-24(11-12-29(21)35)30(23-9-10-23)41-32(44)26-18-22(17-25(19-26)28-8-5-13-40-31(28)34(36,37)38)20-42-14-15-43(33(42)39)27-6-3-2-4-7-27/h14-15,21-31,39-40H,2-13,16-20H2,1H3,(H,41,44)/t21?,22?,24?,25?,26?,28?,29?,30-,31?/m0/s1. The number of alkyl halides is 4. The lowest BCUT2D eigenvalue weighted by atomic mass is 9.66. The van der Waals surface area contributed by atoms with Crippen molar-refractivity contribution in [2.75, 3.05) is 6.54 Å². The topological polar surface area (TPSA) is 74.8 Å². The molecule has 0 aromatic carbocycles. The highest BCUT2D eigenvalue weighted by atomic mass is 19.4. The zero-order chi connectivity index (χ0) is 31.0. The normalized spacial score (nSPS) is 36.6. The van der Waals surface area contributed by atoms with Gasteiger partial charge >= 0.3 is 6.18 Å². The van der Waals surface area contributed by atoms with Gasteiger partial charge in [-0.05, 0) is 119 Å². The Kier molecular flexibility index (Phi) is 9.84. The van der Waals surface area contributed by atoms with Crippen LogP contribution in [0.5, 0.6) is 0 Å². The van der Waals surface area contributed by atoms with Crippen molar-refractivity contribution < 1.29 is 22.4 Å². The number of amides is 1. The van der Waals surface area contributed by atoms with Gasteiger partial charge < -0.3 is 19.8 Å². The van der Waals surface area contributed by atoms with Crippen molar-refractivity contribution in [2.24, 2.45) is 41.4 Å². The van der Waals surface area contributed by atoms with Crippen LogP contribution in [0.15, 0.2) is 12.4 Å². The molecule has 1 aliphatic heterocycles. The van der Waals surface area contributed by atoms with Gasteiger partial charge in [0.1, 0.15) is 12.2 Å². The zero-order valence-electron chi connectivity index (χ0n) is 26.3. The Labute approximate surface area is 259 Å². The molecule has 4 aliphatic carbocycles. The van der Waals surface area contributed by atoms with Crippen LogP contribution in [-0.2, 0) is 11.3 Å². The van der Waals surface area contributed by atoms with Gasteiger partial charge in [-0.1, -0.05) is 26.2 Å². The molecule has 3 N–H and O–H groups in total. The third-order valence-corrected chi connectivity index (χ3v) is 12.1. The van der Waals surface area contributed by atoms with Crippen molar-refractivity contribution in [3.05, 3.63) is 18.0 Å². The molecule has 2 heterocycles. The van der Waals surface area contributed by atoms with Crippen LogP contribution >= 0.6 is 0 Å². The third-order valence-electron chi connectivity index (χ3n) is 12.1. The van der Waals surface area contributed by atoms with E-state index in [1.807, 2.05) is 23.9 Å². The fourth-order valence-electron chi connectivity index (χ4n) is 9.58. The van der Waals surface area contributed by atoms with E-state index in [9.17, 15) is 22.4 Å². The van der Waals surface area contributed by atoms with E-state index in [0.717, 1.165) is 38.5 Å². The zero-order valence-corrected chi connectivity index (χ0v) is 26.3. The highest BCUT2D eigenvalue weighted by molar-refractivity contribution is 5.79. The number of halogens is 4. The first-order valence-electron chi connectivity index (χ1n) is 17.6. The summed E-state index contributed by atoms with van der Waals surface area (Å²) in [5.74, 6) is -0.406. The van der Waals surface area contributed by atoms with Crippen LogP contribution in [0.3, 0.4) is 0 Å². The summed E-state index contributed by atoms with van der Waals surface area (Å²) >= 11 is 0. The Hall–Kier alpha value is -1.84. The van der Waals surface area contributed by atoms with Crippen molar-refractivity contribution in [1.82, 2.24) is 19.8 Å². The first kappa shape index (κ1) is 32.1. The molecule has 0 bridgehead atoms. The van der Waals surface area contributed by atoms with E-state index >= 15 is 0 Å². The number of imidazole rings is 1. The highest BCUT2D eigenvalue weighted by Gasteiger charge is 2.50. The molecule has 4 saturated carbocycles. The van der Waals surface area contributed by atoms with Gasteiger partial charge in [0.2, 0.25) is 11.5 Å².